The Morgan fingerprint density at radius 1 is 1.50 bits per heavy atom. The lowest BCUT2D eigenvalue weighted by molar-refractivity contribution is -0.142. The van der Waals surface area contributed by atoms with Crippen LogP contribution in [-0.4, -0.2) is 41.0 Å². The zero-order chi connectivity index (χ0) is 15.5. The second-order valence-electron chi connectivity index (χ2n) is 4.83. The van der Waals surface area contributed by atoms with Crippen LogP contribution in [-0.2, 0) is 21.9 Å². The van der Waals surface area contributed by atoms with Crippen molar-refractivity contribution in [2.24, 2.45) is 18.9 Å². The number of aliphatic carboxylic acids is 1. The van der Waals surface area contributed by atoms with Gasteiger partial charge in [-0.1, -0.05) is 19.1 Å². The van der Waals surface area contributed by atoms with Crippen LogP contribution in [0.5, 0.6) is 0 Å². The molecule has 0 aliphatic carbocycles. The van der Waals surface area contributed by atoms with Gasteiger partial charge in [-0.15, -0.1) is 5.10 Å². The van der Waals surface area contributed by atoms with Gasteiger partial charge in [-0.25, -0.2) is 17.8 Å². The van der Waals surface area contributed by atoms with E-state index in [9.17, 15) is 13.2 Å². The first kappa shape index (κ1) is 17.1. The van der Waals surface area contributed by atoms with E-state index in [1.54, 1.807) is 0 Å². The molecule has 0 aliphatic heterocycles. The first-order valence-electron chi connectivity index (χ1n) is 5.92. The predicted octanol–water partition coefficient (Wildman–Crippen LogP) is 0.603. The van der Waals surface area contributed by atoms with Crippen molar-refractivity contribution in [3.05, 3.63) is 4.60 Å². The highest BCUT2D eigenvalue weighted by Gasteiger charge is 2.27. The molecule has 0 bridgehead atoms. The van der Waals surface area contributed by atoms with Crippen molar-refractivity contribution >= 4 is 31.9 Å². The number of nitrogens with zero attached hydrogens (tertiary/aromatic N) is 3. The van der Waals surface area contributed by atoms with Gasteiger partial charge in [0.05, 0.1) is 5.92 Å². The highest BCUT2D eigenvalue weighted by Crippen LogP contribution is 2.18. The van der Waals surface area contributed by atoms with Crippen molar-refractivity contribution in [3.8, 4) is 0 Å². The monoisotopic (exact) mass is 368 g/mol. The number of hydrogen-bond acceptors (Lipinski definition) is 5. The number of carboxylic acid groups (broad SMARTS) is 1. The molecule has 0 saturated heterocycles. The zero-order valence-electron chi connectivity index (χ0n) is 11.4. The molecular formula is C10H17BrN4O4S. The average Bonchev–Trinajstić information content (AvgIpc) is 2.64. The first-order valence-corrected chi connectivity index (χ1v) is 8.20. The molecule has 0 spiro atoms. The van der Waals surface area contributed by atoms with E-state index >= 15 is 0 Å². The summed E-state index contributed by atoms with van der Waals surface area (Å²) < 4.78 is 27.7. The molecule has 114 valence electrons. The molecule has 0 amide bonds. The van der Waals surface area contributed by atoms with E-state index in [2.05, 4.69) is 31.0 Å². The molecule has 0 radical (unpaired) electrons. The highest BCUT2D eigenvalue weighted by atomic mass is 79.9. The third-order valence-corrected chi connectivity index (χ3v) is 4.93. The van der Waals surface area contributed by atoms with Crippen molar-refractivity contribution in [2.45, 2.75) is 25.3 Å². The number of rotatable bonds is 7. The molecule has 1 unspecified atom stereocenters. The fourth-order valence-corrected chi connectivity index (χ4v) is 3.90. The van der Waals surface area contributed by atoms with Crippen LogP contribution in [0, 0.1) is 11.8 Å². The summed E-state index contributed by atoms with van der Waals surface area (Å²) in [5.41, 5.74) is 0. The van der Waals surface area contributed by atoms with Crippen LogP contribution in [0.15, 0.2) is 9.63 Å². The molecule has 1 aromatic rings. The molecule has 8 nitrogen and oxygen atoms in total. The van der Waals surface area contributed by atoms with Gasteiger partial charge in [0.25, 0.3) is 10.0 Å². The molecule has 0 saturated carbocycles. The minimum Gasteiger partial charge on any atom is -0.481 e. The standard InChI is InChI=1S/C10H17BrN4O4S/c1-6(2)4-7(10(16)17)5-12-20(18,19)9-8(11)13-14-15(9)3/h6-7,12H,4-5H2,1-3H3,(H,16,17). The smallest absolute Gasteiger partial charge is 0.307 e. The number of carboxylic acids is 1. The molecule has 1 rings (SSSR count). The fraction of sp³-hybridized carbons (Fsp3) is 0.700. The zero-order valence-corrected chi connectivity index (χ0v) is 13.8. The molecule has 10 heteroatoms. The van der Waals surface area contributed by atoms with Gasteiger partial charge in [0.2, 0.25) is 5.03 Å². The molecule has 1 atom stereocenters. The molecule has 0 aliphatic rings. The van der Waals surface area contributed by atoms with Gasteiger partial charge in [-0.3, -0.25) is 4.79 Å². The third kappa shape index (κ3) is 4.25. The number of carbonyl (C=O) groups is 1. The predicted molar refractivity (Wildman–Crippen MR) is 74.5 cm³/mol. The van der Waals surface area contributed by atoms with E-state index in [1.807, 2.05) is 13.8 Å². The fourth-order valence-electron chi connectivity index (χ4n) is 1.73. The highest BCUT2D eigenvalue weighted by molar-refractivity contribution is 9.10. The summed E-state index contributed by atoms with van der Waals surface area (Å²) in [5.74, 6) is -1.64. The molecule has 0 aromatic carbocycles. The first-order chi connectivity index (χ1) is 9.15. The Morgan fingerprint density at radius 2 is 2.10 bits per heavy atom. The van der Waals surface area contributed by atoms with Crippen molar-refractivity contribution in [1.82, 2.24) is 19.7 Å². The Hall–Kier alpha value is -1.00. The lowest BCUT2D eigenvalue weighted by Gasteiger charge is -2.15. The third-order valence-electron chi connectivity index (χ3n) is 2.62. The van der Waals surface area contributed by atoms with Gasteiger partial charge in [-0.05, 0) is 28.3 Å². The molecule has 2 N–H and O–H groups in total. The maximum Gasteiger partial charge on any atom is 0.307 e. The topological polar surface area (TPSA) is 114 Å². The summed E-state index contributed by atoms with van der Waals surface area (Å²) >= 11 is 3.00. The second kappa shape index (κ2) is 6.64. The maximum absolute atomic E-state index is 12.1. The summed E-state index contributed by atoms with van der Waals surface area (Å²) in [6.45, 7) is 3.59. The Balaban J connectivity index is 2.84. The largest absolute Gasteiger partial charge is 0.481 e. The van der Waals surface area contributed by atoms with Crippen LogP contribution in [0.1, 0.15) is 20.3 Å². The Labute approximate surface area is 125 Å². The Bertz CT molecular complexity index is 565. The van der Waals surface area contributed by atoms with Gasteiger partial charge < -0.3 is 5.11 Å². The molecule has 1 heterocycles. The molecule has 1 aromatic heterocycles. The number of nitrogens with one attached hydrogen (secondary N) is 1. The normalized spacial score (nSPS) is 13.7. The minimum atomic E-state index is -3.86. The summed E-state index contributed by atoms with van der Waals surface area (Å²) in [4.78, 5) is 11.1. The van der Waals surface area contributed by atoms with E-state index in [0.29, 0.717) is 6.42 Å². The Morgan fingerprint density at radius 3 is 2.50 bits per heavy atom. The van der Waals surface area contributed by atoms with Gasteiger partial charge in [0.15, 0.2) is 4.60 Å². The van der Waals surface area contributed by atoms with Crippen LogP contribution in [0.4, 0.5) is 0 Å². The number of aryl methyl sites for hydroxylation is 1. The quantitative estimate of drug-likeness (QED) is 0.728. The van der Waals surface area contributed by atoms with E-state index in [4.69, 9.17) is 5.11 Å². The van der Waals surface area contributed by atoms with E-state index in [-0.39, 0.29) is 22.1 Å². The van der Waals surface area contributed by atoms with Crippen LogP contribution in [0.2, 0.25) is 0 Å². The number of sulfonamides is 1. The number of hydrogen-bond donors (Lipinski definition) is 2. The minimum absolute atomic E-state index is 0.0863. The summed E-state index contributed by atoms with van der Waals surface area (Å²) in [6, 6.07) is 0. The van der Waals surface area contributed by atoms with E-state index in [1.165, 1.54) is 7.05 Å². The molecule has 20 heavy (non-hydrogen) atoms. The van der Waals surface area contributed by atoms with Crippen molar-refractivity contribution in [2.75, 3.05) is 6.54 Å². The second-order valence-corrected chi connectivity index (χ2v) is 7.26. The molecule has 0 fully saturated rings. The van der Waals surface area contributed by atoms with Crippen LogP contribution >= 0.6 is 15.9 Å². The number of halogens is 1. The molecular weight excluding hydrogens is 352 g/mol. The van der Waals surface area contributed by atoms with Crippen molar-refractivity contribution in [3.63, 3.8) is 0 Å². The van der Waals surface area contributed by atoms with Gasteiger partial charge in [0.1, 0.15) is 0 Å². The average molecular weight is 369 g/mol. The lowest BCUT2D eigenvalue weighted by atomic mass is 9.98. The van der Waals surface area contributed by atoms with Gasteiger partial charge >= 0.3 is 5.97 Å². The summed E-state index contributed by atoms with van der Waals surface area (Å²) in [6.07, 6.45) is 0.392. The van der Waals surface area contributed by atoms with Gasteiger partial charge in [-0.2, -0.15) is 0 Å². The van der Waals surface area contributed by atoms with Crippen LogP contribution < -0.4 is 4.72 Å². The van der Waals surface area contributed by atoms with Crippen molar-refractivity contribution in [1.29, 1.82) is 0 Å². The maximum atomic E-state index is 12.1. The van der Waals surface area contributed by atoms with Crippen molar-refractivity contribution < 1.29 is 18.3 Å². The van der Waals surface area contributed by atoms with E-state index in [0.717, 1.165) is 4.68 Å². The Kier molecular flexibility index (Phi) is 5.66. The van der Waals surface area contributed by atoms with Crippen LogP contribution in [0.25, 0.3) is 0 Å². The summed E-state index contributed by atoms with van der Waals surface area (Å²) in [7, 11) is -2.43. The van der Waals surface area contributed by atoms with Gasteiger partial charge in [0, 0.05) is 13.6 Å². The van der Waals surface area contributed by atoms with Crippen LogP contribution in [0.3, 0.4) is 0 Å². The number of aromatic nitrogens is 3. The SMILES string of the molecule is CC(C)CC(CNS(=O)(=O)c1c(Br)nnn1C)C(=O)O. The lowest BCUT2D eigenvalue weighted by Crippen LogP contribution is -2.34. The van der Waals surface area contributed by atoms with E-state index < -0.39 is 21.9 Å². The summed E-state index contributed by atoms with van der Waals surface area (Å²) in [5, 5.41) is 16.1.